The van der Waals surface area contributed by atoms with Gasteiger partial charge in [-0.3, -0.25) is 38.8 Å². The van der Waals surface area contributed by atoms with Gasteiger partial charge in [-0.15, -0.1) is 0 Å². The van der Waals surface area contributed by atoms with Crippen LogP contribution in [0.4, 0.5) is 5.69 Å². The van der Waals surface area contributed by atoms with Crippen LogP contribution in [0.25, 0.3) is 44.3 Å². The van der Waals surface area contributed by atoms with Crippen LogP contribution >= 0.6 is 0 Å². The van der Waals surface area contributed by atoms with E-state index >= 15 is 0 Å². The molecule has 0 saturated carbocycles. The Hall–Kier alpha value is -6.91. The molecule has 0 saturated heterocycles. The van der Waals surface area contributed by atoms with E-state index in [2.05, 4.69) is 20.0 Å². The van der Waals surface area contributed by atoms with Gasteiger partial charge in [0.25, 0.3) is 0 Å². The van der Waals surface area contributed by atoms with Crippen LogP contribution in [0.15, 0.2) is 85.8 Å². The Morgan fingerprint density at radius 1 is 0.597 bits per heavy atom. The summed E-state index contributed by atoms with van der Waals surface area (Å²) in [6.45, 7) is 6.83. The molecule has 3 aliphatic carbocycles. The molecule has 0 fully saturated rings. The molecule has 5 aliphatic rings. The number of allylic oxidation sites excluding steroid dienone is 6. The standard InChI is InChI=1S/C26H25N3O6.C26H19N3O6.4CH4.2Hg.H2O/c2*1-10-12(3-6-27)9-15(23(32)21(10)30)18-20-14(5-8-29-20)17(25(34)26(18)35)16-13-4-7-28-19(13)11(2)22(31)24(16)33;;;;;;;/h5,7-9,29-35H,3-4,6,27H2,1-2H3;5,7-9,29H,3-4,6,27H2,1-2H3;4*1H4;;;1H2/q;;;;;;+1;+2;. The number of nitrogens with two attached hydrogens (primary N) is 2. The molecule has 0 unspecified atom stereocenters. The Balaban J connectivity index is 0.000000483. The zero-order valence-electron chi connectivity index (χ0n) is 40.0. The van der Waals surface area contributed by atoms with Crippen molar-refractivity contribution < 1.29 is 120 Å². The van der Waals surface area contributed by atoms with Gasteiger partial charge in [0.05, 0.1) is 33.4 Å². The fourth-order valence-electron chi connectivity index (χ4n) is 9.84. The average Bonchev–Trinajstić information content (AvgIpc) is 4.20. The number of phenols is 6. The molecule has 14 N–H and O–H groups in total. The average molecular weight is 1430 g/mol. The Morgan fingerprint density at radius 2 is 1.16 bits per heavy atom. The van der Waals surface area contributed by atoms with E-state index in [0.717, 1.165) is 0 Å². The minimum Gasteiger partial charge on any atom is -0.504 e. The van der Waals surface area contributed by atoms with Crippen LogP contribution in [0.1, 0.15) is 78.6 Å². The minimum absolute atomic E-state index is 0. The number of benzene rings is 3. The van der Waals surface area contributed by atoms with Crippen molar-refractivity contribution in [3.63, 3.8) is 0 Å². The Bertz CT molecular complexity index is 3700. The summed E-state index contributed by atoms with van der Waals surface area (Å²) in [5.74, 6) is -8.15. The number of phenolic OH excluding ortho intramolecular Hbond substituents is 6. The van der Waals surface area contributed by atoms with Crippen LogP contribution in [0.5, 0.6) is 34.5 Å². The van der Waals surface area contributed by atoms with E-state index in [1.54, 1.807) is 38.4 Å². The molecule has 77 heavy (non-hydrogen) atoms. The van der Waals surface area contributed by atoms with Crippen molar-refractivity contribution in [1.29, 1.82) is 0 Å². The number of hydrogen-bond donors (Lipinski definition) is 10. The Labute approximate surface area is 484 Å². The maximum atomic E-state index is 13.5. The van der Waals surface area contributed by atoms with Crippen LogP contribution in [0, 0.1) is 13.8 Å². The third-order valence-electron chi connectivity index (χ3n) is 13.5. The molecule has 0 bridgehead atoms. The number of aliphatic imine (C=N–C) groups is 2. The second-order valence-electron chi connectivity index (χ2n) is 17.3. The van der Waals surface area contributed by atoms with Gasteiger partial charge in [-0.1, -0.05) is 29.7 Å². The number of rotatable bonds is 8. The SMILES string of the molecule is C.C.C.C.CC1=C(CCN)C=C(C2=c3[nH]ccc3=C(C3=C4CC=NC4=C(C)C(=O)C3=O)C(=O)C2=O)C(=O)C1=O.Cc1c(CCN)cc(-c2c(O)c(O)c(-c3c(O)c(O)c(C)c4c3CC=N4)c3cc[nH]c23)c(O)c1O.O.[Hg+2].[Hg+]. The van der Waals surface area contributed by atoms with E-state index in [9.17, 15) is 59.4 Å². The smallest absolute Gasteiger partial charge is 0.504 e. The first-order valence-electron chi connectivity index (χ1n) is 22.1. The zero-order chi connectivity index (χ0) is 50.4. The van der Waals surface area contributed by atoms with E-state index in [4.69, 9.17) is 11.5 Å². The van der Waals surface area contributed by atoms with E-state index in [1.807, 2.05) is 0 Å². The van der Waals surface area contributed by atoms with E-state index in [1.165, 1.54) is 38.4 Å². The fourth-order valence-corrected chi connectivity index (χ4v) is 9.84. The second-order valence-corrected chi connectivity index (χ2v) is 17.3. The quantitative estimate of drug-likeness (QED) is 0.0412. The molecule has 19 nitrogen and oxygen atoms in total. The molecule has 395 valence electrons. The van der Waals surface area contributed by atoms with Crippen molar-refractivity contribution in [3.8, 4) is 56.8 Å². The number of carbonyl (C=O) groups is 6. The van der Waals surface area contributed by atoms with Crippen molar-refractivity contribution in [3.05, 3.63) is 109 Å². The number of nitrogens with zero attached hydrogens (tertiary/aromatic N) is 2. The molecule has 10 rings (SSSR count). The molecule has 5 aromatic rings. The molecule has 4 heterocycles. The first kappa shape index (κ1) is 66.2. The van der Waals surface area contributed by atoms with Crippen molar-refractivity contribution in [2.24, 2.45) is 21.5 Å². The summed E-state index contributed by atoms with van der Waals surface area (Å²) in [7, 11) is 0. The van der Waals surface area contributed by atoms with Crippen molar-refractivity contribution in [2.45, 2.75) is 83.1 Å². The maximum absolute atomic E-state index is 13.5. The molecule has 3 aromatic carbocycles. The molecular formula is C56H62Hg2N6O13+3. The van der Waals surface area contributed by atoms with Gasteiger partial charge >= 0.3 is 55.3 Å². The van der Waals surface area contributed by atoms with Crippen LogP contribution < -0.4 is 22.0 Å². The first-order valence-corrected chi connectivity index (χ1v) is 22.1. The van der Waals surface area contributed by atoms with Crippen LogP contribution in [0.2, 0.25) is 0 Å². The molecule has 1 radical (unpaired) electrons. The monoisotopic (exact) mass is 1430 g/mol. The number of Topliss-reactive ketones (excluding diaryl/α,β-unsaturated/α-hetero) is 6. The number of fused-ring (bicyclic) bond motifs is 4. The van der Waals surface area contributed by atoms with Gasteiger partial charge in [0.15, 0.2) is 34.5 Å². The second kappa shape index (κ2) is 25.0. The van der Waals surface area contributed by atoms with Crippen LogP contribution in [-0.4, -0.2) is 106 Å². The molecule has 0 atom stereocenters. The van der Waals surface area contributed by atoms with E-state index in [-0.39, 0.29) is 181 Å². The van der Waals surface area contributed by atoms with Gasteiger partial charge < -0.3 is 57.6 Å². The van der Waals surface area contributed by atoms with E-state index in [0.29, 0.717) is 81.5 Å². The number of aromatic nitrogens is 2. The summed E-state index contributed by atoms with van der Waals surface area (Å²) in [6.07, 6.45) is 8.98. The normalized spacial score (nSPS) is 15.0. The number of hydrogen-bond acceptors (Lipinski definition) is 16. The summed E-state index contributed by atoms with van der Waals surface area (Å²) in [5, 5.41) is 66.0. The first-order chi connectivity index (χ1) is 33.4. The molecular weight excluding hydrogens is 1370 g/mol. The van der Waals surface area contributed by atoms with Gasteiger partial charge in [-0.25, -0.2) is 0 Å². The number of aromatic hydroxyl groups is 6. The van der Waals surface area contributed by atoms with Crippen molar-refractivity contribution >= 4 is 74.9 Å². The van der Waals surface area contributed by atoms with Crippen LogP contribution in [0.3, 0.4) is 0 Å². The largest absolute Gasteiger partial charge is 2.00 e. The number of carbonyl (C=O) groups excluding carboxylic acids is 6. The van der Waals surface area contributed by atoms with Gasteiger partial charge in [0, 0.05) is 98.4 Å². The summed E-state index contributed by atoms with van der Waals surface area (Å²) < 4.78 is 0. The summed E-state index contributed by atoms with van der Waals surface area (Å²) >= 11 is 0. The summed E-state index contributed by atoms with van der Waals surface area (Å²) in [4.78, 5) is 92.6. The summed E-state index contributed by atoms with van der Waals surface area (Å²) in [5.41, 5.74) is 15.7. The molecule has 2 aromatic heterocycles. The number of H-pyrrole nitrogens is 2. The topological polar surface area (TPSA) is 364 Å². The Kier molecular flexibility index (Phi) is 21.5. The van der Waals surface area contributed by atoms with Gasteiger partial charge in [0.2, 0.25) is 34.7 Å². The predicted octanol–water partition coefficient (Wildman–Crippen LogP) is 5.23. The third-order valence-corrected chi connectivity index (χ3v) is 13.5. The fraction of sp³-hybridized carbons (Fsp3) is 0.250. The number of aromatic amines is 2. The van der Waals surface area contributed by atoms with Crippen molar-refractivity contribution in [1.82, 2.24) is 9.97 Å². The zero-order valence-corrected chi connectivity index (χ0v) is 51.0. The molecule has 0 amide bonds. The molecule has 2 aliphatic heterocycles. The predicted molar refractivity (Wildman–Crippen MR) is 288 cm³/mol. The summed E-state index contributed by atoms with van der Waals surface area (Å²) in [6, 6.07) is 4.77. The minimum atomic E-state index is -1.05. The molecule has 0 spiro atoms. The number of ketones is 6. The van der Waals surface area contributed by atoms with Crippen LogP contribution in [-0.2, 0) is 96.9 Å². The Morgan fingerprint density at radius 3 is 1.81 bits per heavy atom. The molecule has 21 heteroatoms. The van der Waals surface area contributed by atoms with Crippen molar-refractivity contribution in [2.75, 3.05) is 13.1 Å². The van der Waals surface area contributed by atoms with Gasteiger partial charge in [-0.2, -0.15) is 0 Å². The van der Waals surface area contributed by atoms with Gasteiger partial charge in [-0.05, 0) is 106 Å². The van der Waals surface area contributed by atoms with E-state index < -0.39 is 57.7 Å². The third kappa shape index (κ3) is 10.1. The number of nitrogens with one attached hydrogen (secondary N) is 2. The van der Waals surface area contributed by atoms with Gasteiger partial charge in [0.1, 0.15) is 0 Å². The maximum Gasteiger partial charge on any atom is 2.00 e.